The van der Waals surface area contributed by atoms with Crippen LogP contribution in [0.25, 0.3) is 0 Å². The van der Waals surface area contributed by atoms with Crippen molar-refractivity contribution in [1.82, 2.24) is 9.97 Å². The highest BCUT2D eigenvalue weighted by Crippen LogP contribution is 2.28. The summed E-state index contributed by atoms with van der Waals surface area (Å²) in [7, 11) is 0. The molecule has 0 aromatic carbocycles. The lowest BCUT2D eigenvalue weighted by atomic mass is 10.2. The maximum Gasteiger partial charge on any atom is 0.134 e. The second kappa shape index (κ2) is 4.45. The van der Waals surface area contributed by atoms with E-state index in [1.165, 1.54) is 24.1 Å². The molecular weight excluding hydrogens is 212 g/mol. The molecule has 1 aromatic rings. The van der Waals surface area contributed by atoms with Crippen molar-refractivity contribution in [2.75, 3.05) is 0 Å². The number of hydrogen-bond donors (Lipinski definition) is 1. The van der Waals surface area contributed by atoms with Gasteiger partial charge in [0.15, 0.2) is 0 Å². The summed E-state index contributed by atoms with van der Waals surface area (Å²) in [6, 6.07) is 0. The first-order valence-electron chi connectivity index (χ1n) is 5.00. The number of hydrogen-bond acceptors (Lipinski definition) is 3. The van der Waals surface area contributed by atoms with Gasteiger partial charge in [-0.15, -0.1) is 0 Å². The van der Waals surface area contributed by atoms with Gasteiger partial charge < -0.3 is 4.98 Å². The van der Waals surface area contributed by atoms with Crippen molar-refractivity contribution >= 4 is 24.0 Å². The molecule has 1 aromatic heterocycles. The molecule has 0 aliphatic carbocycles. The molecule has 0 fully saturated rings. The van der Waals surface area contributed by atoms with E-state index in [2.05, 4.69) is 16.9 Å². The molecule has 1 aliphatic rings. The summed E-state index contributed by atoms with van der Waals surface area (Å²) in [5.74, 6) is 3.17. The van der Waals surface area contributed by atoms with Gasteiger partial charge in [-0.2, -0.15) is 11.8 Å². The number of H-pyrrole nitrogens is 1. The maximum atomic E-state index is 5.27. The number of rotatable bonds is 3. The van der Waals surface area contributed by atoms with Gasteiger partial charge in [0.2, 0.25) is 0 Å². The van der Waals surface area contributed by atoms with Crippen molar-refractivity contribution in [2.24, 2.45) is 0 Å². The number of thioether (sulfide) groups is 1. The Balaban J connectivity index is 2.28. The van der Waals surface area contributed by atoms with Crippen LogP contribution in [0.4, 0.5) is 0 Å². The van der Waals surface area contributed by atoms with E-state index in [0.29, 0.717) is 0 Å². The minimum absolute atomic E-state index is 0.815. The first-order chi connectivity index (χ1) is 6.81. The van der Waals surface area contributed by atoms with Gasteiger partial charge in [0, 0.05) is 29.2 Å². The van der Waals surface area contributed by atoms with Gasteiger partial charge in [0.1, 0.15) is 10.5 Å². The molecule has 0 radical (unpaired) electrons. The minimum Gasteiger partial charge on any atom is -0.346 e. The predicted molar refractivity (Wildman–Crippen MR) is 63.0 cm³/mol. The zero-order chi connectivity index (χ0) is 9.97. The van der Waals surface area contributed by atoms with Crippen LogP contribution in [0.15, 0.2) is 0 Å². The van der Waals surface area contributed by atoms with Crippen LogP contribution in [0, 0.1) is 4.64 Å². The SMILES string of the molecule is CCCCc1nc(=S)c2c([nH]1)CSC2. The molecule has 0 atom stereocenters. The third-order valence-electron chi connectivity index (χ3n) is 2.41. The number of fused-ring (bicyclic) bond motifs is 1. The van der Waals surface area contributed by atoms with Crippen molar-refractivity contribution in [3.05, 3.63) is 21.7 Å². The smallest absolute Gasteiger partial charge is 0.134 e. The Morgan fingerprint density at radius 3 is 3.14 bits per heavy atom. The number of aromatic amines is 1. The van der Waals surface area contributed by atoms with Crippen molar-refractivity contribution in [3.63, 3.8) is 0 Å². The average Bonchev–Trinajstić information content (AvgIpc) is 2.63. The molecule has 0 spiro atoms. The molecule has 2 rings (SSSR count). The van der Waals surface area contributed by atoms with Gasteiger partial charge in [-0.25, -0.2) is 4.98 Å². The second-order valence-corrected chi connectivity index (χ2v) is 4.91. The van der Waals surface area contributed by atoms with Gasteiger partial charge in [-0.3, -0.25) is 0 Å². The third-order valence-corrected chi connectivity index (χ3v) is 3.74. The molecule has 1 N–H and O–H groups in total. The lowest BCUT2D eigenvalue weighted by Gasteiger charge is -2.03. The summed E-state index contributed by atoms with van der Waals surface area (Å²) < 4.78 is 0.815. The van der Waals surface area contributed by atoms with E-state index in [1.54, 1.807) is 0 Å². The summed E-state index contributed by atoms with van der Waals surface area (Å²) in [6.45, 7) is 2.19. The molecular formula is C10H14N2S2. The third kappa shape index (κ3) is 2.01. The van der Waals surface area contributed by atoms with Crippen LogP contribution in [0.1, 0.15) is 36.8 Å². The fourth-order valence-corrected chi connectivity index (χ4v) is 3.05. The summed E-state index contributed by atoms with van der Waals surface area (Å²) in [6.07, 6.45) is 3.41. The molecule has 14 heavy (non-hydrogen) atoms. The van der Waals surface area contributed by atoms with Crippen molar-refractivity contribution in [1.29, 1.82) is 0 Å². The van der Waals surface area contributed by atoms with E-state index in [0.717, 1.165) is 28.4 Å². The van der Waals surface area contributed by atoms with E-state index in [-0.39, 0.29) is 0 Å². The molecule has 0 saturated heterocycles. The summed E-state index contributed by atoms with van der Waals surface area (Å²) in [5, 5.41) is 0. The first-order valence-corrected chi connectivity index (χ1v) is 6.56. The van der Waals surface area contributed by atoms with Crippen LogP contribution < -0.4 is 0 Å². The lowest BCUT2D eigenvalue weighted by Crippen LogP contribution is -2.00. The van der Waals surface area contributed by atoms with Crippen LogP contribution in [0.3, 0.4) is 0 Å². The molecule has 1 aliphatic heterocycles. The Kier molecular flexibility index (Phi) is 3.23. The first kappa shape index (κ1) is 10.2. The monoisotopic (exact) mass is 226 g/mol. The summed E-state index contributed by atoms with van der Waals surface area (Å²) >= 11 is 7.18. The van der Waals surface area contributed by atoms with Crippen LogP contribution in [-0.2, 0) is 17.9 Å². The molecule has 0 unspecified atom stereocenters. The number of nitrogens with one attached hydrogen (secondary N) is 1. The fraction of sp³-hybridized carbons (Fsp3) is 0.600. The maximum absolute atomic E-state index is 5.27. The Bertz CT molecular complexity index is 384. The van der Waals surface area contributed by atoms with Crippen molar-refractivity contribution < 1.29 is 0 Å². The summed E-state index contributed by atoms with van der Waals surface area (Å²) in [5.41, 5.74) is 2.56. The molecule has 2 nitrogen and oxygen atoms in total. The average molecular weight is 226 g/mol. The van der Waals surface area contributed by atoms with Crippen LogP contribution in [0.2, 0.25) is 0 Å². The zero-order valence-corrected chi connectivity index (χ0v) is 9.93. The largest absolute Gasteiger partial charge is 0.346 e. The highest BCUT2D eigenvalue weighted by atomic mass is 32.2. The van der Waals surface area contributed by atoms with Gasteiger partial charge in [0.25, 0.3) is 0 Å². The second-order valence-electron chi connectivity index (χ2n) is 3.54. The Morgan fingerprint density at radius 2 is 2.36 bits per heavy atom. The van der Waals surface area contributed by atoms with Gasteiger partial charge in [-0.05, 0) is 6.42 Å². The van der Waals surface area contributed by atoms with Crippen molar-refractivity contribution in [2.45, 2.75) is 37.7 Å². The predicted octanol–water partition coefficient (Wildman–Crippen LogP) is 3.23. The molecule has 4 heteroatoms. The van der Waals surface area contributed by atoms with Crippen molar-refractivity contribution in [3.8, 4) is 0 Å². The Hall–Kier alpha value is -0.350. The van der Waals surface area contributed by atoms with E-state index in [9.17, 15) is 0 Å². The summed E-state index contributed by atoms with van der Waals surface area (Å²) in [4.78, 5) is 7.83. The van der Waals surface area contributed by atoms with Crippen LogP contribution in [-0.4, -0.2) is 9.97 Å². The Labute approximate surface area is 93.5 Å². The number of unbranched alkanes of at least 4 members (excludes halogenated alkanes) is 1. The van der Waals surface area contributed by atoms with E-state index in [1.807, 2.05) is 11.8 Å². The standard InChI is InChI=1S/C10H14N2S2/c1-2-3-4-9-11-8-6-14-5-7(8)10(13)12-9/h2-6H2,1H3,(H,11,12,13). The number of nitrogens with zero attached hydrogens (tertiary/aromatic N) is 1. The Morgan fingerprint density at radius 1 is 1.50 bits per heavy atom. The van der Waals surface area contributed by atoms with Crippen LogP contribution >= 0.6 is 24.0 Å². The number of aromatic nitrogens is 2. The van der Waals surface area contributed by atoms with E-state index < -0.39 is 0 Å². The fourth-order valence-electron chi connectivity index (χ4n) is 1.59. The van der Waals surface area contributed by atoms with E-state index in [4.69, 9.17) is 12.2 Å². The van der Waals surface area contributed by atoms with E-state index >= 15 is 0 Å². The minimum atomic E-state index is 0.815. The molecule has 0 amide bonds. The van der Waals surface area contributed by atoms with Crippen LogP contribution in [0.5, 0.6) is 0 Å². The lowest BCUT2D eigenvalue weighted by molar-refractivity contribution is 0.744. The normalized spacial score (nSPS) is 14.4. The zero-order valence-electron chi connectivity index (χ0n) is 8.30. The molecule has 0 bridgehead atoms. The van der Waals surface area contributed by atoms with Gasteiger partial charge >= 0.3 is 0 Å². The van der Waals surface area contributed by atoms with Gasteiger partial charge in [0.05, 0.1) is 0 Å². The molecule has 76 valence electrons. The quantitative estimate of drug-likeness (QED) is 0.802. The molecule has 2 heterocycles. The number of aryl methyl sites for hydroxylation is 1. The van der Waals surface area contributed by atoms with Gasteiger partial charge in [-0.1, -0.05) is 25.6 Å². The highest BCUT2D eigenvalue weighted by molar-refractivity contribution is 7.98. The topological polar surface area (TPSA) is 28.7 Å². The highest BCUT2D eigenvalue weighted by Gasteiger charge is 2.14. The molecule has 0 saturated carbocycles.